The van der Waals surface area contributed by atoms with Crippen LogP contribution in [-0.4, -0.2) is 52.9 Å². The van der Waals surface area contributed by atoms with Crippen molar-refractivity contribution in [3.05, 3.63) is 52.7 Å². The molecule has 158 valence electrons. The third-order valence-electron chi connectivity index (χ3n) is 5.81. The first-order valence-corrected chi connectivity index (χ1v) is 10.4. The maximum Gasteiger partial charge on any atom is 0.340 e. The fourth-order valence-corrected chi connectivity index (χ4v) is 4.22. The van der Waals surface area contributed by atoms with E-state index in [0.717, 1.165) is 42.9 Å². The van der Waals surface area contributed by atoms with Crippen molar-refractivity contribution in [2.45, 2.75) is 39.5 Å². The average Bonchev–Trinajstić information content (AvgIpc) is 3.29. The SMILES string of the molecule is CCOC(=O)c1c(C)[nH]c(C(=O)CN2CCC(c3nc4ccccc4o3)CC2)c1C. The van der Waals surface area contributed by atoms with Crippen LogP contribution in [0.2, 0.25) is 0 Å². The van der Waals surface area contributed by atoms with Gasteiger partial charge in [0, 0.05) is 11.6 Å². The molecule has 0 spiro atoms. The Hall–Kier alpha value is -2.93. The van der Waals surface area contributed by atoms with Crippen molar-refractivity contribution in [3.8, 4) is 0 Å². The number of piperidine rings is 1. The topological polar surface area (TPSA) is 88.4 Å². The van der Waals surface area contributed by atoms with Crippen LogP contribution in [0.5, 0.6) is 0 Å². The Morgan fingerprint density at radius 3 is 2.67 bits per heavy atom. The highest BCUT2D eigenvalue weighted by molar-refractivity contribution is 6.02. The summed E-state index contributed by atoms with van der Waals surface area (Å²) in [5.41, 5.74) is 4.01. The van der Waals surface area contributed by atoms with Gasteiger partial charge in [0.2, 0.25) is 0 Å². The number of aryl methyl sites for hydroxylation is 1. The molecule has 0 atom stereocenters. The Bertz CT molecular complexity index is 1040. The lowest BCUT2D eigenvalue weighted by Crippen LogP contribution is -2.37. The monoisotopic (exact) mass is 409 g/mol. The van der Waals surface area contributed by atoms with Crippen LogP contribution in [0.1, 0.15) is 63.7 Å². The molecule has 2 aromatic heterocycles. The minimum atomic E-state index is -0.387. The van der Waals surface area contributed by atoms with E-state index in [1.165, 1.54) is 0 Å². The minimum absolute atomic E-state index is 0.00791. The van der Waals surface area contributed by atoms with Gasteiger partial charge in [0.1, 0.15) is 5.52 Å². The van der Waals surface area contributed by atoms with Crippen molar-refractivity contribution in [1.82, 2.24) is 14.9 Å². The number of aromatic nitrogens is 2. The van der Waals surface area contributed by atoms with Crippen LogP contribution < -0.4 is 0 Å². The van der Waals surface area contributed by atoms with E-state index >= 15 is 0 Å². The molecule has 3 heterocycles. The van der Waals surface area contributed by atoms with E-state index in [4.69, 9.17) is 9.15 Å². The zero-order valence-electron chi connectivity index (χ0n) is 17.7. The summed E-state index contributed by atoms with van der Waals surface area (Å²) in [6.07, 6.45) is 1.80. The number of aromatic amines is 1. The van der Waals surface area contributed by atoms with Gasteiger partial charge in [-0.15, -0.1) is 0 Å². The van der Waals surface area contributed by atoms with Crippen molar-refractivity contribution in [3.63, 3.8) is 0 Å². The highest BCUT2D eigenvalue weighted by Gasteiger charge is 2.28. The number of fused-ring (bicyclic) bond motifs is 1. The van der Waals surface area contributed by atoms with Gasteiger partial charge in [-0.25, -0.2) is 9.78 Å². The Labute approximate surface area is 175 Å². The molecule has 7 heteroatoms. The summed E-state index contributed by atoms with van der Waals surface area (Å²) in [6, 6.07) is 7.80. The largest absolute Gasteiger partial charge is 0.462 e. The number of esters is 1. The van der Waals surface area contributed by atoms with Gasteiger partial charge in [-0.05, 0) is 64.4 Å². The molecule has 1 N–H and O–H groups in total. The molecule has 1 saturated heterocycles. The maximum absolute atomic E-state index is 12.9. The fourth-order valence-electron chi connectivity index (χ4n) is 4.22. The minimum Gasteiger partial charge on any atom is -0.462 e. The normalized spacial score (nSPS) is 15.6. The fraction of sp³-hybridized carbons (Fsp3) is 0.435. The van der Waals surface area contributed by atoms with Crippen molar-refractivity contribution >= 4 is 22.9 Å². The summed E-state index contributed by atoms with van der Waals surface area (Å²) >= 11 is 0. The molecule has 7 nitrogen and oxygen atoms in total. The first-order chi connectivity index (χ1) is 14.5. The number of carbonyl (C=O) groups is 2. The number of para-hydroxylation sites is 2. The number of ether oxygens (including phenoxy) is 1. The van der Waals surface area contributed by atoms with E-state index in [1.54, 1.807) is 20.8 Å². The number of nitrogens with zero attached hydrogens (tertiary/aromatic N) is 2. The Morgan fingerprint density at radius 2 is 1.97 bits per heavy atom. The predicted molar refractivity (Wildman–Crippen MR) is 113 cm³/mol. The third-order valence-corrected chi connectivity index (χ3v) is 5.81. The van der Waals surface area contributed by atoms with E-state index in [9.17, 15) is 9.59 Å². The number of ketones is 1. The molecule has 1 aromatic carbocycles. The summed E-state index contributed by atoms with van der Waals surface area (Å²) in [5.74, 6) is 0.666. The number of hydrogen-bond acceptors (Lipinski definition) is 6. The second-order valence-corrected chi connectivity index (χ2v) is 7.84. The van der Waals surface area contributed by atoms with Crippen LogP contribution in [-0.2, 0) is 4.74 Å². The highest BCUT2D eigenvalue weighted by Crippen LogP contribution is 2.30. The van der Waals surface area contributed by atoms with Gasteiger partial charge in [0.15, 0.2) is 17.3 Å². The average molecular weight is 409 g/mol. The Morgan fingerprint density at radius 1 is 1.23 bits per heavy atom. The van der Waals surface area contributed by atoms with E-state index in [-0.39, 0.29) is 17.7 Å². The number of hydrogen-bond donors (Lipinski definition) is 1. The Kier molecular flexibility index (Phi) is 5.72. The molecule has 0 bridgehead atoms. The molecule has 4 rings (SSSR count). The van der Waals surface area contributed by atoms with Gasteiger partial charge in [0.25, 0.3) is 0 Å². The summed E-state index contributed by atoms with van der Waals surface area (Å²) < 4.78 is 11.0. The zero-order valence-corrected chi connectivity index (χ0v) is 17.7. The lowest BCUT2D eigenvalue weighted by Gasteiger charge is -2.29. The van der Waals surface area contributed by atoms with Crippen LogP contribution in [0.25, 0.3) is 11.1 Å². The number of likely N-dealkylation sites (tertiary alicyclic amines) is 1. The first-order valence-electron chi connectivity index (χ1n) is 10.4. The number of nitrogens with one attached hydrogen (secondary N) is 1. The first kappa shape index (κ1) is 20.3. The predicted octanol–water partition coefficient (Wildman–Crippen LogP) is 4.01. The van der Waals surface area contributed by atoms with Crippen LogP contribution in [0.3, 0.4) is 0 Å². The number of H-pyrrole nitrogens is 1. The van der Waals surface area contributed by atoms with E-state index < -0.39 is 0 Å². The van der Waals surface area contributed by atoms with Crippen molar-refractivity contribution in [2.75, 3.05) is 26.2 Å². The van der Waals surface area contributed by atoms with Gasteiger partial charge >= 0.3 is 5.97 Å². The molecule has 0 aliphatic carbocycles. The number of oxazole rings is 1. The van der Waals surface area contributed by atoms with Crippen molar-refractivity contribution in [2.24, 2.45) is 0 Å². The number of carbonyl (C=O) groups excluding carboxylic acids is 2. The zero-order chi connectivity index (χ0) is 21.3. The van der Waals surface area contributed by atoms with Crippen molar-refractivity contribution < 1.29 is 18.7 Å². The van der Waals surface area contributed by atoms with Crippen LogP contribution in [0, 0.1) is 13.8 Å². The molecule has 3 aromatic rings. The second-order valence-electron chi connectivity index (χ2n) is 7.84. The molecule has 0 unspecified atom stereocenters. The van der Waals surface area contributed by atoms with E-state index in [2.05, 4.69) is 14.9 Å². The third kappa shape index (κ3) is 3.89. The molecule has 0 saturated carbocycles. The van der Waals surface area contributed by atoms with Gasteiger partial charge in [0.05, 0.1) is 24.4 Å². The van der Waals surface area contributed by atoms with E-state index in [1.807, 2.05) is 24.3 Å². The number of rotatable bonds is 6. The molecule has 1 fully saturated rings. The molecule has 1 aliphatic heterocycles. The smallest absolute Gasteiger partial charge is 0.340 e. The molecule has 30 heavy (non-hydrogen) atoms. The summed E-state index contributed by atoms with van der Waals surface area (Å²) in [4.78, 5) is 34.9. The number of Topliss-reactive ketones (excluding diaryl/α,β-unsaturated/α-hetero) is 1. The van der Waals surface area contributed by atoms with Crippen LogP contribution in [0.15, 0.2) is 28.7 Å². The molecular weight excluding hydrogens is 382 g/mol. The van der Waals surface area contributed by atoms with Crippen LogP contribution >= 0.6 is 0 Å². The standard InChI is InChI=1S/C23H27N3O4/c1-4-29-23(28)20-14(2)21(24-15(20)3)18(27)13-26-11-9-16(10-12-26)22-25-17-7-5-6-8-19(17)30-22/h5-8,16,24H,4,9-13H2,1-3H3. The maximum atomic E-state index is 12.9. The van der Waals surface area contributed by atoms with Gasteiger partial charge in [-0.1, -0.05) is 12.1 Å². The quantitative estimate of drug-likeness (QED) is 0.489. The second kappa shape index (κ2) is 8.44. The molecule has 1 aliphatic rings. The van der Waals surface area contributed by atoms with Gasteiger partial charge in [-0.2, -0.15) is 0 Å². The number of benzene rings is 1. The highest BCUT2D eigenvalue weighted by atomic mass is 16.5. The molecule has 0 radical (unpaired) electrons. The van der Waals surface area contributed by atoms with Crippen LogP contribution in [0.4, 0.5) is 0 Å². The molecule has 0 amide bonds. The van der Waals surface area contributed by atoms with Gasteiger partial charge < -0.3 is 14.1 Å². The molecular formula is C23H27N3O4. The summed E-state index contributed by atoms with van der Waals surface area (Å²) in [7, 11) is 0. The van der Waals surface area contributed by atoms with Crippen molar-refractivity contribution in [1.29, 1.82) is 0 Å². The lowest BCUT2D eigenvalue weighted by atomic mass is 9.96. The lowest BCUT2D eigenvalue weighted by molar-refractivity contribution is 0.0525. The summed E-state index contributed by atoms with van der Waals surface area (Å²) in [5, 5.41) is 0. The Balaban J connectivity index is 1.39. The van der Waals surface area contributed by atoms with Gasteiger partial charge in [-0.3, -0.25) is 9.69 Å². The van der Waals surface area contributed by atoms with E-state index in [0.29, 0.717) is 35.7 Å². The summed E-state index contributed by atoms with van der Waals surface area (Å²) in [6.45, 7) is 7.60.